The topological polar surface area (TPSA) is 0 Å². The Morgan fingerprint density at radius 2 is 2.08 bits per heavy atom. The van der Waals surface area contributed by atoms with E-state index >= 15 is 0 Å². The van der Waals surface area contributed by atoms with E-state index in [-0.39, 0.29) is 0 Å². The second-order valence-electron chi connectivity index (χ2n) is 4.31. The van der Waals surface area contributed by atoms with Gasteiger partial charge in [0.1, 0.15) is 0 Å². The van der Waals surface area contributed by atoms with Crippen molar-refractivity contribution in [3.05, 3.63) is 0 Å². The third kappa shape index (κ3) is 3.21. The first-order valence-corrected chi connectivity index (χ1v) is 5.99. The van der Waals surface area contributed by atoms with Gasteiger partial charge < -0.3 is 0 Å². The van der Waals surface area contributed by atoms with E-state index in [4.69, 9.17) is 0 Å². The van der Waals surface area contributed by atoms with Gasteiger partial charge in [-0.1, -0.05) is 20.3 Å². The van der Waals surface area contributed by atoms with E-state index in [0.29, 0.717) is 10.5 Å². The van der Waals surface area contributed by atoms with Crippen LogP contribution in [-0.4, -0.2) is 10.5 Å². The Kier molecular flexibility index (Phi) is 4.31. The minimum Gasteiger partial charge on any atom is -0.176 e. The lowest BCUT2D eigenvalue weighted by molar-refractivity contribution is 0.288. The van der Waals surface area contributed by atoms with Gasteiger partial charge in [-0.25, -0.2) is 0 Å². The van der Waals surface area contributed by atoms with E-state index in [1.54, 1.807) is 0 Å². The van der Waals surface area contributed by atoms with Gasteiger partial charge in [0.15, 0.2) is 0 Å². The van der Waals surface area contributed by atoms with Crippen LogP contribution in [0.5, 0.6) is 0 Å². The van der Waals surface area contributed by atoms with Gasteiger partial charge in [-0.15, -0.1) is 0 Å². The summed E-state index contributed by atoms with van der Waals surface area (Å²) in [6, 6.07) is 0. The fourth-order valence-corrected chi connectivity index (χ4v) is 2.82. The Hall–Kier alpha value is 0.700. The van der Waals surface area contributed by atoms with E-state index in [1.807, 2.05) is 0 Å². The Balaban J connectivity index is 2.30. The minimum absolute atomic E-state index is 0.559. The Morgan fingerprint density at radius 3 is 2.58 bits per heavy atom. The number of thiol groups is 2. The highest BCUT2D eigenvalue weighted by atomic mass is 32.1. The maximum absolute atomic E-state index is 4.61. The fourth-order valence-electron chi connectivity index (χ4n) is 2.08. The van der Waals surface area contributed by atoms with Crippen molar-refractivity contribution in [1.29, 1.82) is 0 Å². The first-order chi connectivity index (χ1) is 5.59. The van der Waals surface area contributed by atoms with Crippen molar-refractivity contribution in [3.63, 3.8) is 0 Å². The smallest absolute Gasteiger partial charge is 0.00450 e. The van der Waals surface area contributed by atoms with Crippen molar-refractivity contribution < 1.29 is 0 Å². The predicted molar refractivity (Wildman–Crippen MR) is 62.3 cm³/mol. The van der Waals surface area contributed by atoms with Crippen molar-refractivity contribution in [3.8, 4) is 0 Å². The Labute approximate surface area is 87.3 Å². The van der Waals surface area contributed by atoms with Gasteiger partial charge in [-0.05, 0) is 36.3 Å². The van der Waals surface area contributed by atoms with Crippen molar-refractivity contribution in [1.82, 2.24) is 0 Å². The first kappa shape index (κ1) is 10.8. The molecule has 2 heteroatoms. The van der Waals surface area contributed by atoms with Gasteiger partial charge in [0.25, 0.3) is 0 Å². The fraction of sp³-hybridized carbons (Fsp3) is 1.00. The summed E-state index contributed by atoms with van der Waals surface area (Å²) in [5.74, 6) is 1.70. The zero-order valence-corrected chi connectivity index (χ0v) is 9.82. The third-order valence-corrected chi connectivity index (χ3v) is 3.87. The van der Waals surface area contributed by atoms with Gasteiger partial charge in [-0.3, -0.25) is 0 Å². The molecule has 0 aromatic rings. The molecule has 0 saturated heterocycles. The molecule has 12 heavy (non-hydrogen) atoms. The highest BCUT2D eigenvalue weighted by Crippen LogP contribution is 2.34. The van der Waals surface area contributed by atoms with Crippen LogP contribution in [0, 0.1) is 11.8 Å². The second kappa shape index (κ2) is 4.80. The molecule has 0 radical (unpaired) electrons. The minimum atomic E-state index is 0.559. The van der Waals surface area contributed by atoms with Crippen LogP contribution >= 0.6 is 25.3 Å². The molecule has 1 aliphatic rings. The maximum Gasteiger partial charge on any atom is 0.00450 e. The molecule has 0 bridgehead atoms. The molecule has 0 aromatic heterocycles. The summed E-state index contributed by atoms with van der Waals surface area (Å²) in [5, 5.41) is 1.19. The molecular weight excluding hydrogens is 184 g/mol. The normalized spacial score (nSPS) is 39.5. The van der Waals surface area contributed by atoms with Crippen molar-refractivity contribution >= 4 is 25.3 Å². The standard InChI is InChI=1S/C10H20S2/c1-7-3-4-9(5-8(2)11)6-10(7)12/h7-12H,3-6H2,1-2H3/t7-,8-,9+,10+/m1/s1. The summed E-state index contributed by atoms with van der Waals surface area (Å²) in [4.78, 5) is 0. The van der Waals surface area contributed by atoms with Gasteiger partial charge in [0.05, 0.1) is 0 Å². The monoisotopic (exact) mass is 204 g/mol. The van der Waals surface area contributed by atoms with Crippen LogP contribution in [-0.2, 0) is 0 Å². The molecule has 0 unspecified atom stereocenters. The summed E-state index contributed by atoms with van der Waals surface area (Å²) < 4.78 is 0. The van der Waals surface area contributed by atoms with Crippen LogP contribution in [0.25, 0.3) is 0 Å². The summed E-state index contributed by atoms with van der Waals surface area (Å²) in [5.41, 5.74) is 0. The van der Waals surface area contributed by atoms with E-state index in [0.717, 1.165) is 11.8 Å². The lowest BCUT2D eigenvalue weighted by Gasteiger charge is -2.32. The predicted octanol–water partition coefficient (Wildman–Crippen LogP) is 3.43. The molecule has 1 aliphatic carbocycles. The van der Waals surface area contributed by atoms with Gasteiger partial charge >= 0.3 is 0 Å². The molecule has 1 rings (SSSR count). The number of hydrogen-bond donors (Lipinski definition) is 2. The highest BCUT2D eigenvalue weighted by molar-refractivity contribution is 7.81. The summed E-state index contributed by atoms with van der Waals surface area (Å²) in [6.45, 7) is 4.51. The van der Waals surface area contributed by atoms with E-state index in [9.17, 15) is 0 Å². The van der Waals surface area contributed by atoms with Gasteiger partial charge in [-0.2, -0.15) is 25.3 Å². The highest BCUT2D eigenvalue weighted by Gasteiger charge is 2.25. The molecule has 1 fully saturated rings. The number of rotatable bonds is 2. The second-order valence-corrected chi connectivity index (χ2v) is 5.85. The van der Waals surface area contributed by atoms with Crippen LogP contribution in [0.4, 0.5) is 0 Å². The molecule has 0 amide bonds. The summed E-state index contributed by atoms with van der Waals surface area (Å²) >= 11 is 9.05. The van der Waals surface area contributed by atoms with E-state index < -0.39 is 0 Å². The maximum atomic E-state index is 4.61. The zero-order chi connectivity index (χ0) is 9.14. The molecule has 4 atom stereocenters. The molecule has 0 heterocycles. The van der Waals surface area contributed by atoms with Crippen molar-refractivity contribution in [2.75, 3.05) is 0 Å². The van der Waals surface area contributed by atoms with Crippen LogP contribution in [0.3, 0.4) is 0 Å². The Morgan fingerprint density at radius 1 is 1.42 bits per heavy atom. The van der Waals surface area contributed by atoms with Crippen LogP contribution in [0.1, 0.15) is 39.5 Å². The van der Waals surface area contributed by atoms with Gasteiger partial charge in [0, 0.05) is 5.25 Å². The average Bonchev–Trinajstić information content (AvgIpc) is 1.96. The van der Waals surface area contributed by atoms with Gasteiger partial charge in [0.2, 0.25) is 0 Å². The van der Waals surface area contributed by atoms with Crippen molar-refractivity contribution in [2.45, 2.75) is 50.0 Å². The summed E-state index contributed by atoms with van der Waals surface area (Å²) in [6.07, 6.45) is 5.32. The Bertz CT molecular complexity index is 134. The number of hydrogen-bond acceptors (Lipinski definition) is 2. The molecule has 0 aliphatic heterocycles. The quantitative estimate of drug-likeness (QED) is 0.633. The molecule has 1 saturated carbocycles. The lowest BCUT2D eigenvalue weighted by atomic mass is 9.80. The zero-order valence-electron chi connectivity index (χ0n) is 8.03. The van der Waals surface area contributed by atoms with Crippen molar-refractivity contribution in [2.24, 2.45) is 11.8 Å². The van der Waals surface area contributed by atoms with Crippen LogP contribution < -0.4 is 0 Å². The molecular formula is C10H20S2. The molecule has 0 N–H and O–H groups in total. The van der Waals surface area contributed by atoms with Crippen LogP contribution in [0.2, 0.25) is 0 Å². The lowest BCUT2D eigenvalue weighted by Crippen LogP contribution is -2.24. The largest absolute Gasteiger partial charge is 0.176 e. The molecule has 0 nitrogen and oxygen atoms in total. The SMILES string of the molecule is C[C@@H]1CC[C@@H](C[C@@H](C)S)C[C@@H]1S. The average molecular weight is 204 g/mol. The molecule has 0 spiro atoms. The van der Waals surface area contributed by atoms with E-state index in [1.165, 1.54) is 25.7 Å². The summed E-state index contributed by atoms with van der Waals surface area (Å²) in [7, 11) is 0. The molecule has 0 aromatic carbocycles. The molecule has 72 valence electrons. The van der Waals surface area contributed by atoms with E-state index in [2.05, 4.69) is 39.1 Å². The first-order valence-electron chi connectivity index (χ1n) is 4.95. The van der Waals surface area contributed by atoms with Crippen LogP contribution in [0.15, 0.2) is 0 Å². The third-order valence-electron chi connectivity index (χ3n) is 2.94.